The molecule has 3 N–H and O–H groups in total. The molecule has 39 heavy (non-hydrogen) atoms. The number of benzene rings is 2. The van der Waals surface area contributed by atoms with Crippen LogP contribution in [0.25, 0.3) is 10.9 Å². The first-order chi connectivity index (χ1) is 18.7. The van der Waals surface area contributed by atoms with Crippen molar-refractivity contribution in [3.63, 3.8) is 0 Å². The number of aromatic nitrogens is 1. The highest BCUT2D eigenvalue weighted by atomic mass is 32.2. The standard InChI is InChI=1S/C27H29F4N3O4S/c1-38-17-2-3-21-18(14-17)24(20(30)15-32-21)22(35)4-5-27(26(36)33-37)6-8-34(9-7-27)10-11-39-23-13-16(28)12-19(29)25(23)31/h2-3,12-15,22,35,37H,4-11H2,1H3,(H,33,36). The van der Waals surface area contributed by atoms with Crippen LogP contribution >= 0.6 is 11.8 Å². The van der Waals surface area contributed by atoms with Crippen molar-refractivity contribution in [2.24, 2.45) is 5.41 Å². The van der Waals surface area contributed by atoms with Gasteiger partial charge in [-0.15, -0.1) is 11.8 Å². The summed E-state index contributed by atoms with van der Waals surface area (Å²) in [5.41, 5.74) is 1.29. The third kappa shape index (κ3) is 6.46. The number of aliphatic hydroxyl groups is 1. The molecule has 4 rings (SSSR count). The van der Waals surface area contributed by atoms with Gasteiger partial charge in [-0.2, -0.15) is 0 Å². The van der Waals surface area contributed by atoms with Gasteiger partial charge in [0.2, 0.25) is 5.91 Å². The Labute approximate surface area is 227 Å². The lowest BCUT2D eigenvalue weighted by molar-refractivity contribution is -0.143. The van der Waals surface area contributed by atoms with E-state index in [1.165, 1.54) is 7.11 Å². The number of fused-ring (bicyclic) bond motifs is 1. The number of methoxy groups -OCH3 is 1. The molecule has 2 heterocycles. The topological polar surface area (TPSA) is 94.9 Å². The van der Waals surface area contributed by atoms with Gasteiger partial charge in [0.15, 0.2) is 11.6 Å². The predicted molar refractivity (Wildman–Crippen MR) is 138 cm³/mol. The summed E-state index contributed by atoms with van der Waals surface area (Å²) < 4.78 is 60.8. The number of pyridine rings is 1. The summed E-state index contributed by atoms with van der Waals surface area (Å²) in [6.45, 7) is 1.42. The Morgan fingerprint density at radius 2 is 1.92 bits per heavy atom. The van der Waals surface area contributed by atoms with E-state index in [0.717, 1.165) is 24.0 Å². The Kier molecular flexibility index (Phi) is 9.31. The summed E-state index contributed by atoms with van der Waals surface area (Å²) in [5, 5.41) is 20.8. The normalized spacial score (nSPS) is 16.3. The number of aliphatic hydroxyl groups excluding tert-OH is 1. The lowest BCUT2D eigenvalue weighted by Gasteiger charge is -2.40. The van der Waals surface area contributed by atoms with Gasteiger partial charge in [-0.25, -0.2) is 23.0 Å². The summed E-state index contributed by atoms with van der Waals surface area (Å²) in [5.74, 6) is -3.58. The number of nitrogens with zero attached hydrogens (tertiary/aromatic N) is 2. The van der Waals surface area contributed by atoms with Crippen LogP contribution in [0.4, 0.5) is 17.6 Å². The molecule has 1 unspecified atom stereocenters. The van der Waals surface area contributed by atoms with Gasteiger partial charge in [0.05, 0.1) is 30.3 Å². The molecule has 7 nitrogen and oxygen atoms in total. The van der Waals surface area contributed by atoms with Crippen molar-refractivity contribution in [3.8, 4) is 5.75 Å². The van der Waals surface area contributed by atoms with E-state index in [0.29, 0.717) is 60.9 Å². The molecule has 0 saturated carbocycles. The molecule has 1 fully saturated rings. The van der Waals surface area contributed by atoms with E-state index in [1.807, 2.05) is 4.90 Å². The summed E-state index contributed by atoms with van der Waals surface area (Å²) in [7, 11) is 1.48. The Bertz CT molecular complexity index is 1340. The summed E-state index contributed by atoms with van der Waals surface area (Å²) in [6.07, 6.45) is 0.761. The van der Waals surface area contributed by atoms with Crippen molar-refractivity contribution in [2.45, 2.75) is 36.7 Å². The van der Waals surface area contributed by atoms with Crippen molar-refractivity contribution in [2.75, 3.05) is 32.5 Å². The van der Waals surface area contributed by atoms with Gasteiger partial charge >= 0.3 is 0 Å². The zero-order valence-corrected chi connectivity index (χ0v) is 22.0. The average molecular weight is 568 g/mol. The molecule has 12 heteroatoms. The number of amides is 1. The number of rotatable bonds is 10. The Morgan fingerprint density at radius 1 is 1.18 bits per heavy atom. The second-order valence-corrected chi connectivity index (χ2v) is 10.7. The van der Waals surface area contributed by atoms with Gasteiger partial charge in [0.25, 0.3) is 0 Å². The molecule has 2 aromatic carbocycles. The SMILES string of the molecule is COc1ccc2ncc(F)c(C(O)CCC3(C(=O)NO)CCN(CCSc4cc(F)cc(F)c4F)CC3)c2c1. The van der Waals surface area contributed by atoms with Crippen LogP contribution in [0.15, 0.2) is 41.4 Å². The number of hydroxylamine groups is 1. The zero-order valence-electron chi connectivity index (χ0n) is 21.2. The fourth-order valence-electron chi connectivity index (χ4n) is 5.03. The number of carbonyl (C=O) groups is 1. The number of hydrogen-bond acceptors (Lipinski definition) is 7. The van der Waals surface area contributed by atoms with Crippen LogP contribution in [-0.2, 0) is 4.79 Å². The highest BCUT2D eigenvalue weighted by molar-refractivity contribution is 7.99. The summed E-state index contributed by atoms with van der Waals surface area (Å²) in [6, 6.07) is 6.39. The monoisotopic (exact) mass is 567 g/mol. The smallest absolute Gasteiger partial charge is 0.249 e. The first-order valence-electron chi connectivity index (χ1n) is 12.4. The third-order valence-electron chi connectivity index (χ3n) is 7.32. The number of halogens is 4. The Morgan fingerprint density at radius 3 is 2.62 bits per heavy atom. The molecule has 3 aromatic rings. The van der Waals surface area contributed by atoms with E-state index >= 15 is 0 Å². The number of hydrogen-bond donors (Lipinski definition) is 3. The maximum Gasteiger partial charge on any atom is 0.249 e. The number of likely N-dealkylation sites (tertiary alicyclic amines) is 1. The van der Waals surface area contributed by atoms with Crippen LogP contribution in [0, 0.1) is 28.7 Å². The number of thioether (sulfide) groups is 1. The first-order valence-corrected chi connectivity index (χ1v) is 13.4. The van der Waals surface area contributed by atoms with Crippen LogP contribution in [0.5, 0.6) is 5.75 Å². The maximum absolute atomic E-state index is 14.8. The van der Waals surface area contributed by atoms with E-state index in [-0.39, 0.29) is 23.3 Å². The molecule has 0 bridgehead atoms. The number of nitrogens with one attached hydrogen (secondary N) is 1. The predicted octanol–water partition coefficient (Wildman–Crippen LogP) is 4.99. The van der Waals surface area contributed by atoms with Crippen LogP contribution in [-0.4, -0.2) is 58.6 Å². The van der Waals surface area contributed by atoms with E-state index in [4.69, 9.17) is 4.74 Å². The molecule has 1 atom stereocenters. The zero-order chi connectivity index (χ0) is 28.2. The molecule has 1 aliphatic rings. The minimum Gasteiger partial charge on any atom is -0.497 e. The van der Waals surface area contributed by atoms with Crippen molar-refractivity contribution in [3.05, 3.63) is 65.4 Å². The number of carbonyl (C=O) groups excluding carboxylic acids is 1. The van der Waals surface area contributed by atoms with Gasteiger partial charge in [-0.05, 0) is 63.0 Å². The highest BCUT2D eigenvalue weighted by Crippen LogP contribution is 2.40. The summed E-state index contributed by atoms with van der Waals surface area (Å²) in [4.78, 5) is 18.7. The van der Waals surface area contributed by atoms with E-state index in [1.54, 1.807) is 23.7 Å². The molecule has 1 amide bonds. The van der Waals surface area contributed by atoms with Gasteiger partial charge in [0.1, 0.15) is 17.4 Å². The van der Waals surface area contributed by atoms with E-state index < -0.39 is 40.7 Å². The fourth-order valence-corrected chi connectivity index (χ4v) is 6.02. The lowest BCUT2D eigenvalue weighted by Crippen LogP contribution is -2.48. The van der Waals surface area contributed by atoms with Crippen molar-refractivity contribution in [1.29, 1.82) is 0 Å². The Hall–Kier alpha value is -2.93. The van der Waals surface area contributed by atoms with Crippen molar-refractivity contribution in [1.82, 2.24) is 15.4 Å². The third-order valence-corrected chi connectivity index (χ3v) is 8.31. The van der Waals surface area contributed by atoms with Crippen LogP contribution in [0.3, 0.4) is 0 Å². The molecular weight excluding hydrogens is 538 g/mol. The minimum atomic E-state index is -1.24. The van der Waals surface area contributed by atoms with E-state index in [2.05, 4.69) is 4.98 Å². The van der Waals surface area contributed by atoms with Crippen molar-refractivity contribution >= 4 is 28.6 Å². The molecule has 0 radical (unpaired) electrons. The van der Waals surface area contributed by atoms with Crippen LogP contribution in [0.2, 0.25) is 0 Å². The van der Waals surface area contributed by atoms with Crippen LogP contribution < -0.4 is 10.2 Å². The molecule has 1 saturated heterocycles. The molecule has 1 aliphatic heterocycles. The summed E-state index contributed by atoms with van der Waals surface area (Å²) >= 11 is 0.998. The number of piperidine rings is 1. The van der Waals surface area contributed by atoms with Gasteiger partial charge < -0.3 is 14.7 Å². The minimum absolute atomic E-state index is 0.0565. The molecule has 210 valence electrons. The average Bonchev–Trinajstić information content (AvgIpc) is 2.94. The van der Waals surface area contributed by atoms with Gasteiger partial charge in [-0.3, -0.25) is 15.0 Å². The Balaban J connectivity index is 1.40. The fraction of sp³-hybridized carbons (Fsp3) is 0.407. The van der Waals surface area contributed by atoms with Crippen molar-refractivity contribution < 1.29 is 37.4 Å². The molecule has 0 aliphatic carbocycles. The highest BCUT2D eigenvalue weighted by Gasteiger charge is 2.41. The second kappa shape index (κ2) is 12.5. The van der Waals surface area contributed by atoms with E-state index in [9.17, 15) is 32.7 Å². The largest absolute Gasteiger partial charge is 0.497 e. The molecule has 1 aromatic heterocycles. The second-order valence-electron chi connectivity index (χ2n) is 9.57. The maximum atomic E-state index is 14.8. The van der Waals surface area contributed by atoms with Gasteiger partial charge in [0, 0.05) is 34.2 Å². The van der Waals surface area contributed by atoms with Crippen LogP contribution in [0.1, 0.15) is 37.4 Å². The van der Waals surface area contributed by atoms with Gasteiger partial charge in [-0.1, -0.05) is 0 Å². The molecular formula is C27H29F4N3O4S. The molecule has 0 spiro atoms. The lowest BCUT2D eigenvalue weighted by atomic mass is 9.73. The quantitative estimate of drug-likeness (QED) is 0.104. The number of ether oxygens (including phenoxy) is 1. The first kappa shape index (κ1) is 29.1.